The van der Waals surface area contributed by atoms with Crippen molar-refractivity contribution in [1.82, 2.24) is 0 Å². The normalized spacial score (nSPS) is 3.20. The van der Waals surface area contributed by atoms with Gasteiger partial charge in [-0.05, 0) is 0 Å². The summed E-state index contributed by atoms with van der Waals surface area (Å²) in [6.45, 7) is -1.00. The van der Waals surface area contributed by atoms with Gasteiger partial charge in [0, 0.05) is 12.9 Å². The summed E-state index contributed by atoms with van der Waals surface area (Å²) in [7, 11) is 0. The first kappa shape index (κ1) is 22.7. The van der Waals surface area contributed by atoms with Crippen LogP contribution in [-0.4, -0.2) is 18.4 Å². The quantitative estimate of drug-likeness (QED) is 0.390. The Hall–Kier alpha value is -0.448. The average molecular weight is 378 g/mol. The number of carboxylic acid groups (broad SMARTS) is 2. The summed E-state index contributed by atoms with van der Waals surface area (Å²) in [6.07, 6.45) is 0. The molecule has 0 aliphatic rings. The topological polar surface area (TPSA) is 146 Å². The molecule has 0 saturated carbocycles. The molecule has 10 heavy (non-hydrogen) atoms. The second-order valence-electron chi connectivity index (χ2n) is 0.276. The molecule has 0 aliphatic heterocycles. The fourth-order valence-corrected chi connectivity index (χ4v) is 0. The van der Waals surface area contributed by atoms with E-state index in [1.807, 2.05) is 0 Å². The SMILES string of the molecule is O.O=C[O-].O=C[O-].[O]=[U+2]=[O]. The Kier molecular flexibility index (Phi) is 170. The van der Waals surface area contributed by atoms with Crippen LogP contribution in [-0.2, 0) is 14.1 Å². The molecule has 0 amide bonds. The van der Waals surface area contributed by atoms with Crippen LogP contribution in [0.15, 0.2) is 0 Å². The summed E-state index contributed by atoms with van der Waals surface area (Å²) in [5.41, 5.74) is 0. The van der Waals surface area contributed by atoms with Crippen molar-refractivity contribution in [2.45, 2.75) is 0 Å². The van der Waals surface area contributed by atoms with Gasteiger partial charge in [0.25, 0.3) is 0 Å². The summed E-state index contributed by atoms with van der Waals surface area (Å²) in [5, 5.41) is 16.5. The maximum atomic E-state index is 8.58. The second-order valence-corrected chi connectivity index (χ2v) is 0.970. The summed E-state index contributed by atoms with van der Waals surface area (Å²) < 4.78 is 17.2. The molecule has 0 fully saturated rings. The molecule has 2 N–H and O–H groups in total. The standard InChI is InChI=1S/2CH2O2.H2O.2O.U/c2*2-1-3;;;;/h2*1H,(H,2,3);1H2;;;/q;;;;;+2/p-2. The van der Waals surface area contributed by atoms with Crippen LogP contribution in [0.1, 0.15) is 0 Å². The number of carbonyl (C=O) groups is 2. The minimum absolute atomic E-state index is 0. The summed E-state index contributed by atoms with van der Waals surface area (Å²) in [5.74, 6) is 0. The molecule has 0 aromatic heterocycles. The molecule has 0 heterocycles. The van der Waals surface area contributed by atoms with E-state index < -0.39 is 40.8 Å². The summed E-state index contributed by atoms with van der Waals surface area (Å²) in [4.78, 5) is 16.5. The summed E-state index contributed by atoms with van der Waals surface area (Å²) in [6, 6.07) is 0. The molecule has 0 aromatic rings. The van der Waals surface area contributed by atoms with Gasteiger partial charge in [-0.1, -0.05) is 0 Å². The Morgan fingerprint density at radius 3 is 1.00 bits per heavy atom. The third kappa shape index (κ3) is 1610. The van der Waals surface area contributed by atoms with E-state index in [-0.39, 0.29) is 5.48 Å². The monoisotopic (exact) mass is 378 g/mol. The van der Waals surface area contributed by atoms with Gasteiger partial charge in [0.1, 0.15) is 0 Å². The zero-order chi connectivity index (χ0) is 8.12. The van der Waals surface area contributed by atoms with Crippen LogP contribution in [0, 0.1) is 27.8 Å². The van der Waals surface area contributed by atoms with E-state index in [1.165, 1.54) is 0 Å². The fourth-order valence-electron chi connectivity index (χ4n) is 0. The van der Waals surface area contributed by atoms with Crippen LogP contribution in [0.4, 0.5) is 0 Å². The number of hydrogen-bond acceptors (Lipinski definition) is 6. The van der Waals surface area contributed by atoms with Crippen molar-refractivity contribution >= 4 is 12.9 Å². The van der Waals surface area contributed by atoms with E-state index in [0.29, 0.717) is 0 Å². The van der Waals surface area contributed by atoms with Gasteiger partial charge >= 0.3 is 32.3 Å². The first-order chi connectivity index (χ1) is 4.24. The van der Waals surface area contributed by atoms with Crippen molar-refractivity contribution in [2.75, 3.05) is 0 Å². The predicted octanol–water partition coefficient (Wildman–Crippen LogP) is -4.33. The first-order valence-corrected chi connectivity index (χ1v) is 4.75. The van der Waals surface area contributed by atoms with E-state index in [4.69, 9.17) is 24.3 Å². The molecule has 0 aliphatic carbocycles. The molecule has 0 aromatic carbocycles. The number of rotatable bonds is 0. The molecular formula is C2H4O7U. The first-order valence-electron chi connectivity index (χ1n) is 1.35. The van der Waals surface area contributed by atoms with Crippen LogP contribution in [0.3, 0.4) is 0 Å². The molecule has 0 saturated heterocycles. The maximum absolute atomic E-state index is 8.58. The molecule has 8 heteroatoms. The van der Waals surface area contributed by atoms with Crippen LogP contribution < -0.4 is 10.2 Å². The Morgan fingerprint density at radius 1 is 1.00 bits per heavy atom. The van der Waals surface area contributed by atoms with Crippen molar-refractivity contribution < 1.29 is 57.6 Å². The van der Waals surface area contributed by atoms with Gasteiger partial charge in [-0.15, -0.1) is 0 Å². The van der Waals surface area contributed by atoms with Gasteiger partial charge in [0.15, 0.2) is 0 Å². The molecule has 0 spiro atoms. The van der Waals surface area contributed by atoms with Crippen molar-refractivity contribution in [3.8, 4) is 0 Å². The van der Waals surface area contributed by atoms with Gasteiger partial charge in [-0.2, -0.15) is 0 Å². The van der Waals surface area contributed by atoms with E-state index in [1.54, 1.807) is 0 Å². The molecular weight excluding hydrogens is 374 g/mol. The van der Waals surface area contributed by atoms with E-state index in [9.17, 15) is 0 Å². The number of carbonyl (C=O) groups excluding carboxylic acids is 2. The zero-order valence-corrected chi connectivity index (χ0v) is 8.77. The predicted molar refractivity (Wildman–Crippen MR) is 17.1 cm³/mol. The minimum atomic E-state index is -2.51. The molecule has 0 unspecified atom stereocenters. The molecule has 0 rings (SSSR count). The third-order valence-corrected chi connectivity index (χ3v) is 0. The molecule has 58 valence electrons. The van der Waals surface area contributed by atoms with Crippen LogP contribution in [0.2, 0.25) is 0 Å². The van der Waals surface area contributed by atoms with Crippen molar-refractivity contribution in [3.05, 3.63) is 0 Å². The van der Waals surface area contributed by atoms with E-state index >= 15 is 0 Å². The fraction of sp³-hybridized carbons (Fsp3) is 0. The van der Waals surface area contributed by atoms with Gasteiger partial charge < -0.3 is 25.3 Å². The van der Waals surface area contributed by atoms with Crippen molar-refractivity contribution in [1.29, 1.82) is 0 Å². The van der Waals surface area contributed by atoms with Crippen LogP contribution >= 0.6 is 0 Å². The van der Waals surface area contributed by atoms with Gasteiger partial charge in [-0.3, -0.25) is 0 Å². The second kappa shape index (κ2) is 74.9. The van der Waals surface area contributed by atoms with Crippen molar-refractivity contribution in [3.63, 3.8) is 0 Å². The molecule has 0 radical (unpaired) electrons. The average Bonchev–Trinajstić information content (AvgIpc) is 1.70. The Morgan fingerprint density at radius 2 is 1.00 bits per heavy atom. The summed E-state index contributed by atoms with van der Waals surface area (Å²) >= 11 is -2.51. The van der Waals surface area contributed by atoms with Crippen LogP contribution in [0.5, 0.6) is 0 Å². The van der Waals surface area contributed by atoms with E-state index in [2.05, 4.69) is 0 Å². The molecule has 0 atom stereocenters. The van der Waals surface area contributed by atoms with E-state index in [0.717, 1.165) is 0 Å². The van der Waals surface area contributed by atoms with Gasteiger partial charge in [0.2, 0.25) is 0 Å². The zero-order valence-electron chi connectivity index (χ0n) is 4.60. The number of hydrogen-bond donors (Lipinski definition) is 0. The van der Waals surface area contributed by atoms with Gasteiger partial charge in [-0.25, -0.2) is 0 Å². The Labute approximate surface area is 70.6 Å². The molecule has 7 nitrogen and oxygen atoms in total. The Bertz CT molecular complexity index is 77.6. The Balaban J connectivity index is -0.0000000257. The molecule has 0 bridgehead atoms. The third-order valence-electron chi connectivity index (χ3n) is 0. The van der Waals surface area contributed by atoms with Crippen molar-refractivity contribution in [2.24, 2.45) is 0 Å². The van der Waals surface area contributed by atoms with Gasteiger partial charge in [0.05, 0.1) is 0 Å². The van der Waals surface area contributed by atoms with Crippen LogP contribution in [0.25, 0.3) is 0 Å².